The van der Waals surface area contributed by atoms with Gasteiger partial charge in [0.1, 0.15) is 5.75 Å². The van der Waals surface area contributed by atoms with Crippen LogP contribution in [-0.2, 0) is 11.3 Å². The monoisotopic (exact) mass is 470 g/mol. The number of furan rings is 1. The Morgan fingerprint density at radius 2 is 1.80 bits per heavy atom. The van der Waals surface area contributed by atoms with Crippen molar-refractivity contribution in [2.24, 2.45) is 0 Å². The quantitative estimate of drug-likeness (QED) is 0.442. The Kier molecular flexibility index (Phi) is 6.72. The number of ether oxygens (including phenoxy) is 1. The zero-order valence-electron chi connectivity index (χ0n) is 19.2. The van der Waals surface area contributed by atoms with Gasteiger partial charge in [0.25, 0.3) is 11.8 Å². The maximum absolute atomic E-state index is 12.7. The molecule has 2 aromatic carbocycles. The van der Waals surface area contributed by atoms with Crippen LogP contribution in [0.4, 0.5) is 5.69 Å². The first-order chi connectivity index (χ1) is 17.2. The number of benzene rings is 2. The first kappa shape index (κ1) is 22.6. The molecule has 8 heteroatoms. The predicted molar refractivity (Wildman–Crippen MR) is 132 cm³/mol. The van der Waals surface area contributed by atoms with Crippen LogP contribution in [0.1, 0.15) is 16.1 Å². The Morgan fingerprint density at radius 1 is 0.971 bits per heavy atom. The van der Waals surface area contributed by atoms with Crippen molar-refractivity contribution in [3.8, 4) is 5.75 Å². The molecule has 1 N–H and O–H groups in total. The van der Waals surface area contributed by atoms with Gasteiger partial charge < -0.3 is 19.4 Å². The fourth-order valence-electron chi connectivity index (χ4n) is 4.19. The second-order valence-electron chi connectivity index (χ2n) is 8.40. The van der Waals surface area contributed by atoms with Crippen molar-refractivity contribution >= 4 is 28.4 Å². The Bertz CT molecular complexity index is 1310. The SMILES string of the molecule is O=C(Nc1cccc(OCC(=O)N2CCN(Cc3cccc4cccnc34)CC2)c1)c1ccco1. The summed E-state index contributed by atoms with van der Waals surface area (Å²) in [5, 5.41) is 3.89. The molecule has 0 bridgehead atoms. The lowest BCUT2D eigenvalue weighted by Gasteiger charge is -2.34. The van der Waals surface area contributed by atoms with E-state index in [1.807, 2.05) is 17.2 Å². The summed E-state index contributed by atoms with van der Waals surface area (Å²) >= 11 is 0. The van der Waals surface area contributed by atoms with Crippen molar-refractivity contribution in [1.29, 1.82) is 0 Å². The summed E-state index contributed by atoms with van der Waals surface area (Å²) in [6, 6.07) is 20.5. The molecule has 3 heterocycles. The van der Waals surface area contributed by atoms with Gasteiger partial charge in [-0.1, -0.05) is 30.3 Å². The van der Waals surface area contributed by atoms with Crippen LogP contribution in [0.15, 0.2) is 83.6 Å². The number of amides is 2. The molecule has 8 nitrogen and oxygen atoms in total. The molecule has 1 aliphatic rings. The van der Waals surface area contributed by atoms with Gasteiger partial charge in [-0.3, -0.25) is 19.5 Å². The maximum Gasteiger partial charge on any atom is 0.291 e. The molecule has 0 radical (unpaired) electrons. The number of hydrogen-bond donors (Lipinski definition) is 1. The van der Waals surface area contributed by atoms with Crippen LogP contribution in [0.3, 0.4) is 0 Å². The number of para-hydroxylation sites is 1. The number of aromatic nitrogens is 1. The van der Waals surface area contributed by atoms with Gasteiger partial charge in [-0.15, -0.1) is 0 Å². The number of nitrogens with one attached hydrogen (secondary N) is 1. The molecule has 178 valence electrons. The van der Waals surface area contributed by atoms with Crippen LogP contribution in [0, 0.1) is 0 Å². The highest BCUT2D eigenvalue weighted by molar-refractivity contribution is 6.02. The molecule has 0 spiro atoms. The lowest BCUT2D eigenvalue weighted by atomic mass is 10.1. The average molecular weight is 471 g/mol. The van der Waals surface area contributed by atoms with Crippen LogP contribution in [0.2, 0.25) is 0 Å². The molecule has 0 aliphatic carbocycles. The van der Waals surface area contributed by atoms with Gasteiger partial charge >= 0.3 is 0 Å². The third kappa shape index (κ3) is 5.50. The molecular formula is C27H26N4O4. The standard InChI is InChI=1S/C27H26N4O4/c32-25(19-35-23-9-2-8-22(17-23)29-27(33)24-10-4-16-34-24)31-14-12-30(13-15-31)18-21-6-1-5-20-7-3-11-28-26(20)21/h1-11,16-17H,12-15,18-19H2,(H,29,33). The van der Waals surface area contributed by atoms with Gasteiger partial charge in [-0.2, -0.15) is 0 Å². The predicted octanol–water partition coefficient (Wildman–Crippen LogP) is 3.80. The smallest absolute Gasteiger partial charge is 0.291 e. The van der Waals surface area contributed by atoms with E-state index in [0.717, 1.165) is 30.5 Å². The molecule has 35 heavy (non-hydrogen) atoms. The zero-order chi connectivity index (χ0) is 24.0. The third-order valence-electron chi connectivity index (χ3n) is 6.03. The van der Waals surface area contributed by atoms with E-state index in [1.165, 1.54) is 11.8 Å². The van der Waals surface area contributed by atoms with E-state index >= 15 is 0 Å². The normalized spacial score (nSPS) is 14.1. The van der Waals surface area contributed by atoms with Gasteiger partial charge in [-0.25, -0.2) is 0 Å². The van der Waals surface area contributed by atoms with E-state index in [-0.39, 0.29) is 24.2 Å². The van der Waals surface area contributed by atoms with Crippen molar-refractivity contribution < 1.29 is 18.7 Å². The van der Waals surface area contributed by atoms with Crippen LogP contribution >= 0.6 is 0 Å². The molecule has 0 atom stereocenters. The Hall–Kier alpha value is -4.17. The zero-order valence-corrected chi connectivity index (χ0v) is 19.2. The molecule has 1 aliphatic heterocycles. The molecule has 0 unspecified atom stereocenters. The van der Waals surface area contributed by atoms with E-state index in [1.54, 1.807) is 36.4 Å². The highest BCUT2D eigenvalue weighted by atomic mass is 16.5. The molecule has 2 aromatic heterocycles. The minimum absolute atomic E-state index is 0.0528. The largest absolute Gasteiger partial charge is 0.484 e. The summed E-state index contributed by atoms with van der Waals surface area (Å²) in [5.74, 6) is 0.335. The molecule has 5 rings (SSSR count). The lowest BCUT2D eigenvalue weighted by Crippen LogP contribution is -2.49. The summed E-state index contributed by atoms with van der Waals surface area (Å²) in [6.45, 7) is 3.65. The van der Waals surface area contributed by atoms with Crippen LogP contribution in [-0.4, -0.2) is 59.4 Å². The highest BCUT2D eigenvalue weighted by Gasteiger charge is 2.22. The maximum atomic E-state index is 12.7. The Balaban J connectivity index is 1.11. The molecule has 0 saturated carbocycles. The number of piperazine rings is 1. The minimum atomic E-state index is -0.347. The van der Waals surface area contributed by atoms with Gasteiger partial charge in [0.15, 0.2) is 12.4 Å². The Labute approximate surface area is 203 Å². The third-order valence-corrected chi connectivity index (χ3v) is 6.03. The molecule has 1 saturated heterocycles. The van der Waals surface area contributed by atoms with E-state index in [4.69, 9.17) is 9.15 Å². The first-order valence-electron chi connectivity index (χ1n) is 11.6. The van der Waals surface area contributed by atoms with Crippen molar-refractivity contribution in [2.45, 2.75) is 6.54 Å². The van der Waals surface area contributed by atoms with E-state index < -0.39 is 0 Å². The highest BCUT2D eigenvalue weighted by Crippen LogP contribution is 2.20. The lowest BCUT2D eigenvalue weighted by molar-refractivity contribution is -0.135. The van der Waals surface area contributed by atoms with E-state index in [9.17, 15) is 9.59 Å². The number of fused-ring (bicyclic) bond motifs is 1. The van der Waals surface area contributed by atoms with Crippen LogP contribution in [0.25, 0.3) is 10.9 Å². The van der Waals surface area contributed by atoms with Gasteiger partial charge in [0.05, 0.1) is 11.8 Å². The van der Waals surface area contributed by atoms with Crippen LogP contribution in [0.5, 0.6) is 5.75 Å². The minimum Gasteiger partial charge on any atom is -0.484 e. The molecular weight excluding hydrogens is 444 g/mol. The van der Waals surface area contributed by atoms with Crippen molar-refractivity contribution in [2.75, 3.05) is 38.1 Å². The first-order valence-corrected chi connectivity index (χ1v) is 11.6. The van der Waals surface area contributed by atoms with E-state index in [0.29, 0.717) is 24.5 Å². The average Bonchev–Trinajstić information content (AvgIpc) is 3.44. The number of rotatable bonds is 7. The van der Waals surface area contributed by atoms with Gasteiger partial charge in [-0.05, 0) is 35.9 Å². The molecule has 1 fully saturated rings. The number of carbonyl (C=O) groups is 2. The summed E-state index contributed by atoms with van der Waals surface area (Å²) < 4.78 is 10.8. The van der Waals surface area contributed by atoms with Gasteiger partial charge in [0.2, 0.25) is 0 Å². The van der Waals surface area contributed by atoms with Gasteiger partial charge in [0, 0.05) is 56.1 Å². The van der Waals surface area contributed by atoms with Crippen molar-refractivity contribution in [3.63, 3.8) is 0 Å². The fraction of sp³-hybridized carbons (Fsp3) is 0.222. The van der Waals surface area contributed by atoms with E-state index in [2.05, 4.69) is 39.5 Å². The summed E-state index contributed by atoms with van der Waals surface area (Å²) in [6.07, 6.45) is 3.27. The number of pyridine rings is 1. The second kappa shape index (κ2) is 10.4. The molecule has 4 aromatic rings. The number of nitrogens with zero attached hydrogens (tertiary/aromatic N) is 3. The summed E-state index contributed by atoms with van der Waals surface area (Å²) in [4.78, 5) is 33.6. The van der Waals surface area contributed by atoms with Crippen molar-refractivity contribution in [3.05, 3.63) is 90.5 Å². The van der Waals surface area contributed by atoms with Crippen LogP contribution < -0.4 is 10.1 Å². The fourth-order valence-corrected chi connectivity index (χ4v) is 4.19. The number of anilines is 1. The Morgan fingerprint density at radius 3 is 2.63 bits per heavy atom. The topological polar surface area (TPSA) is 87.9 Å². The summed E-state index contributed by atoms with van der Waals surface area (Å²) in [7, 11) is 0. The summed E-state index contributed by atoms with van der Waals surface area (Å²) in [5.41, 5.74) is 2.79. The van der Waals surface area contributed by atoms with Crippen molar-refractivity contribution in [1.82, 2.24) is 14.8 Å². The number of hydrogen-bond acceptors (Lipinski definition) is 6. The number of carbonyl (C=O) groups excluding carboxylic acids is 2. The molecule has 2 amide bonds. The second-order valence-corrected chi connectivity index (χ2v) is 8.40.